The molecule has 0 aliphatic rings. The first-order valence-electron chi connectivity index (χ1n) is 5.56. The maximum atomic E-state index is 14.0. The molecule has 0 spiro atoms. The molecule has 0 amide bonds. The van der Waals surface area contributed by atoms with Crippen LogP contribution in [0.1, 0.15) is 0 Å². The molecule has 3 aromatic rings. The fourth-order valence-electron chi connectivity index (χ4n) is 2.00. The van der Waals surface area contributed by atoms with Crippen LogP contribution < -0.4 is 5.73 Å². The third kappa shape index (κ3) is 2.00. The van der Waals surface area contributed by atoms with Crippen LogP contribution in [0.4, 0.5) is 10.2 Å². The average Bonchev–Trinajstić information content (AvgIpc) is 2.68. The molecule has 0 unspecified atom stereocenters. The number of hydrogen-bond donors (Lipinski definition) is 1. The van der Waals surface area contributed by atoms with Gasteiger partial charge in [-0.15, -0.1) is 0 Å². The van der Waals surface area contributed by atoms with Crippen molar-refractivity contribution in [1.82, 2.24) is 9.38 Å². The van der Waals surface area contributed by atoms with E-state index in [4.69, 9.17) is 40.5 Å². The molecule has 0 bridgehead atoms. The van der Waals surface area contributed by atoms with Crippen LogP contribution in [0.2, 0.25) is 15.1 Å². The third-order valence-corrected chi connectivity index (χ3v) is 3.68. The van der Waals surface area contributed by atoms with Crippen LogP contribution in [-0.2, 0) is 0 Å². The molecule has 0 aliphatic carbocycles. The average molecular weight is 331 g/mol. The Hall–Kier alpha value is -1.49. The van der Waals surface area contributed by atoms with Crippen molar-refractivity contribution >= 4 is 46.3 Å². The van der Waals surface area contributed by atoms with Gasteiger partial charge in [-0.2, -0.15) is 0 Å². The number of halogens is 4. The number of nitrogens with two attached hydrogens (primary N) is 1. The van der Waals surface area contributed by atoms with Crippen molar-refractivity contribution in [3.8, 4) is 11.3 Å². The highest BCUT2D eigenvalue weighted by atomic mass is 35.5. The van der Waals surface area contributed by atoms with Gasteiger partial charge in [0.1, 0.15) is 17.3 Å². The molecule has 3 rings (SSSR count). The van der Waals surface area contributed by atoms with E-state index in [0.717, 1.165) is 0 Å². The van der Waals surface area contributed by atoms with E-state index in [1.165, 1.54) is 22.6 Å². The van der Waals surface area contributed by atoms with Gasteiger partial charge in [0, 0.05) is 6.20 Å². The minimum absolute atomic E-state index is 0.141. The second-order valence-electron chi connectivity index (χ2n) is 4.14. The molecule has 0 saturated heterocycles. The lowest BCUT2D eigenvalue weighted by atomic mass is 10.1. The molecule has 2 N–H and O–H groups in total. The number of aromatic nitrogens is 2. The van der Waals surface area contributed by atoms with E-state index in [0.29, 0.717) is 15.7 Å². The van der Waals surface area contributed by atoms with E-state index < -0.39 is 5.82 Å². The summed E-state index contributed by atoms with van der Waals surface area (Å²) in [4.78, 5) is 4.27. The minimum Gasteiger partial charge on any atom is -0.383 e. The zero-order valence-electron chi connectivity index (χ0n) is 9.87. The summed E-state index contributed by atoms with van der Waals surface area (Å²) < 4.78 is 15.5. The van der Waals surface area contributed by atoms with Crippen LogP contribution in [0.3, 0.4) is 0 Å². The number of rotatable bonds is 1. The fraction of sp³-hybridized carbons (Fsp3) is 0. The van der Waals surface area contributed by atoms with Crippen LogP contribution in [-0.4, -0.2) is 9.38 Å². The van der Waals surface area contributed by atoms with Crippen LogP contribution in [0, 0.1) is 5.82 Å². The molecule has 0 radical (unpaired) electrons. The summed E-state index contributed by atoms with van der Waals surface area (Å²) in [6.07, 6.45) is 1.56. The largest absolute Gasteiger partial charge is 0.383 e. The molecule has 1 aromatic carbocycles. The Balaban J connectivity index is 2.39. The van der Waals surface area contributed by atoms with Gasteiger partial charge in [0.25, 0.3) is 0 Å². The Kier molecular flexibility index (Phi) is 3.24. The number of pyridine rings is 1. The first kappa shape index (κ1) is 13.5. The van der Waals surface area contributed by atoms with Crippen LogP contribution in [0.25, 0.3) is 16.9 Å². The lowest BCUT2D eigenvalue weighted by Gasteiger charge is -2.03. The smallest absolute Gasteiger partial charge is 0.158 e. The minimum atomic E-state index is -0.505. The first-order valence-corrected chi connectivity index (χ1v) is 6.69. The molecule has 7 heteroatoms. The van der Waals surface area contributed by atoms with Crippen molar-refractivity contribution in [3.63, 3.8) is 0 Å². The molecule has 0 atom stereocenters. The van der Waals surface area contributed by atoms with Gasteiger partial charge in [-0.05, 0) is 18.2 Å². The summed E-state index contributed by atoms with van der Waals surface area (Å²) >= 11 is 18.0. The van der Waals surface area contributed by atoms with Gasteiger partial charge in [0.05, 0.1) is 20.6 Å². The normalized spacial score (nSPS) is 11.2. The maximum absolute atomic E-state index is 14.0. The Morgan fingerprint density at radius 1 is 1.15 bits per heavy atom. The number of nitrogen functional groups attached to an aromatic ring is 1. The maximum Gasteiger partial charge on any atom is 0.158 e. The van der Waals surface area contributed by atoms with Crippen molar-refractivity contribution < 1.29 is 4.39 Å². The highest BCUT2D eigenvalue weighted by Crippen LogP contribution is 2.36. The lowest BCUT2D eigenvalue weighted by Crippen LogP contribution is -1.95. The molecule has 2 heterocycles. The van der Waals surface area contributed by atoms with Crippen molar-refractivity contribution in [2.75, 3.05) is 5.73 Å². The highest BCUT2D eigenvalue weighted by molar-refractivity contribution is 6.36. The summed E-state index contributed by atoms with van der Waals surface area (Å²) in [5.41, 5.74) is 6.77. The van der Waals surface area contributed by atoms with E-state index in [-0.39, 0.29) is 22.1 Å². The third-order valence-electron chi connectivity index (χ3n) is 2.88. The molecule has 0 fully saturated rings. The number of imidazole rings is 1. The van der Waals surface area contributed by atoms with E-state index in [1.807, 2.05) is 0 Å². The molecule has 3 nitrogen and oxygen atoms in total. The van der Waals surface area contributed by atoms with Gasteiger partial charge in [-0.25, -0.2) is 9.37 Å². The SMILES string of the molecule is Nc1c(-c2c(F)cccc2Cl)nc2c(Cl)cc(Cl)cn12. The summed E-state index contributed by atoms with van der Waals surface area (Å²) in [7, 11) is 0. The van der Waals surface area contributed by atoms with Crippen molar-refractivity contribution in [3.05, 3.63) is 51.3 Å². The highest BCUT2D eigenvalue weighted by Gasteiger charge is 2.19. The van der Waals surface area contributed by atoms with E-state index in [9.17, 15) is 4.39 Å². The molecular formula is C13H7Cl3FN3. The number of anilines is 1. The van der Waals surface area contributed by atoms with Crippen molar-refractivity contribution in [2.24, 2.45) is 0 Å². The van der Waals surface area contributed by atoms with Gasteiger partial charge < -0.3 is 5.73 Å². The number of fused-ring (bicyclic) bond motifs is 1. The molecule has 20 heavy (non-hydrogen) atoms. The van der Waals surface area contributed by atoms with E-state index >= 15 is 0 Å². The van der Waals surface area contributed by atoms with E-state index in [1.54, 1.807) is 12.3 Å². The monoisotopic (exact) mass is 329 g/mol. The Morgan fingerprint density at radius 3 is 2.60 bits per heavy atom. The zero-order chi connectivity index (χ0) is 14.4. The number of nitrogens with zero attached hydrogens (tertiary/aromatic N) is 2. The fourth-order valence-corrected chi connectivity index (χ4v) is 2.76. The standard InChI is InChI=1S/C13H7Cl3FN3/c14-6-4-8(16)13-19-11(12(18)20(13)5-6)10-7(15)2-1-3-9(10)17/h1-5H,18H2. The number of benzene rings is 1. The predicted molar refractivity (Wildman–Crippen MR) is 80.0 cm³/mol. The summed E-state index contributed by atoms with van der Waals surface area (Å²) in [5, 5.41) is 0.947. The Morgan fingerprint density at radius 2 is 1.90 bits per heavy atom. The van der Waals surface area contributed by atoms with Crippen molar-refractivity contribution in [1.29, 1.82) is 0 Å². The molecule has 0 saturated carbocycles. The predicted octanol–water partition coefficient (Wildman–Crippen LogP) is 4.68. The van der Waals surface area contributed by atoms with Gasteiger partial charge in [-0.1, -0.05) is 40.9 Å². The van der Waals surface area contributed by atoms with E-state index in [2.05, 4.69) is 4.98 Å². The summed E-state index contributed by atoms with van der Waals surface area (Å²) in [6, 6.07) is 5.91. The first-order chi connectivity index (χ1) is 9.49. The topological polar surface area (TPSA) is 43.3 Å². The molecule has 0 aliphatic heterocycles. The lowest BCUT2D eigenvalue weighted by molar-refractivity contribution is 0.631. The summed E-state index contributed by atoms with van der Waals surface area (Å²) in [5.74, 6) is -0.286. The van der Waals surface area contributed by atoms with Gasteiger partial charge >= 0.3 is 0 Å². The zero-order valence-corrected chi connectivity index (χ0v) is 12.1. The summed E-state index contributed by atoms with van der Waals surface area (Å²) in [6.45, 7) is 0. The Bertz CT molecular complexity index is 809. The molecular weight excluding hydrogens is 324 g/mol. The van der Waals surface area contributed by atoms with Crippen molar-refractivity contribution in [2.45, 2.75) is 0 Å². The quantitative estimate of drug-likeness (QED) is 0.704. The van der Waals surface area contributed by atoms with Crippen LogP contribution in [0.15, 0.2) is 30.5 Å². The second-order valence-corrected chi connectivity index (χ2v) is 5.39. The molecule has 102 valence electrons. The second kappa shape index (κ2) is 4.81. The molecule has 2 aromatic heterocycles. The van der Waals surface area contributed by atoms with Crippen LogP contribution in [0.5, 0.6) is 0 Å². The van der Waals surface area contributed by atoms with Gasteiger partial charge in [-0.3, -0.25) is 4.40 Å². The van der Waals surface area contributed by atoms with Gasteiger partial charge in [0.15, 0.2) is 5.65 Å². The number of hydrogen-bond acceptors (Lipinski definition) is 2. The van der Waals surface area contributed by atoms with Crippen LogP contribution >= 0.6 is 34.8 Å². The Labute approximate surface area is 128 Å². The van der Waals surface area contributed by atoms with Gasteiger partial charge in [0.2, 0.25) is 0 Å².